The van der Waals surface area contributed by atoms with Gasteiger partial charge in [-0.2, -0.15) is 26.3 Å². The molecule has 0 aliphatic carbocycles. The van der Waals surface area contributed by atoms with Crippen molar-refractivity contribution < 1.29 is 31.4 Å². The summed E-state index contributed by atoms with van der Waals surface area (Å²) in [6, 6.07) is 0.726. The van der Waals surface area contributed by atoms with E-state index >= 15 is 0 Å². The van der Waals surface area contributed by atoms with E-state index < -0.39 is 54.1 Å². The third-order valence-corrected chi connectivity index (χ3v) is 5.18. The van der Waals surface area contributed by atoms with Gasteiger partial charge in [-0.05, 0) is 37.4 Å². The van der Waals surface area contributed by atoms with Gasteiger partial charge in [0.1, 0.15) is 6.04 Å². The molecule has 0 aromatic heterocycles. The first kappa shape index (κ1) is 19.3. The van der Waals surface area contributed by atoms with Crippen molar-refractivity contribution in [1.82, 2.24) is 5.32 Å². The second-order valence-corrected chi connectivity index (χ2v) is 6.90. The molecule has 0 saturated carbocycles. The second-order valence-electron chi connectivity index (χ2n) is 6.90. The quantitative estimate of drug-likeness (QED) is 0.677. The normalized spacial score (nSPS) is 28.2. The lowest BCUT2D eigenvalue weighted by Gasteiger charge is -2.40. The van der Waals surface area contributed by atoms with Crippen molar-refractivity contribution in [3.8, 4) is 0 Å². The first-order chi connectivity index (χ1) is 12.1. The zero-order chi connectivity index (χ0) is 19.1. The minimum atomic E-state index is -4.79. The number of nitrogens with one attached hydrogen (secondary N) is 2. The van der Waals surface area contributed by atoms with E-state index in [0.717, 1.165) is 18.9 Å². The molecule has 2 aliphatic heterocycles. The molecule has 3 N–H and O–H groups in total. The van der Waals surface area contributed by atoms with E-state index in [1.165, 1.54) is 12.1 Å². The number of halogens is 6. The Labute approximate surface area is 146 Å². The summed E-state index contributed by atoms with van der Waals surface area (Å²) < 4.78 is 79.8. The smallest absolute Gasteiger partial charge is 0.391 e. The highest BCUT2D eigenvalue weighted by molar-refractivity contribution is 5.63. The molecule has 9 heteroatoms. The summed E-state index contributed by atoms with van der Waals surface area (Å²) in [6.45, 7) is 0.630. The van der Waals surface area contributed by atoms with Crippen molar-refractivity contribution in [3.63, 3.8) is 0 Å². The Kier molecular flexibility index (Phi) is 5.13. The molecule has 1 fully saturated rings. The molecule has 3 nitrogen and oxygen atoms in total. The highest BCUT2D eigenvalue weighted by atomic mass is 19.4. The second kappa shape index (κ2) is 6.92. The van der Waals surface area contributed by atoms with Gasteiger partial charge in [0.25, 0.3) is 0 Å². The van der Waals surface area contributed by atoms with E-state index in [1.54, 1.807) is 0 Å². The number of anilines is 1. The van der Waals surface area contributed by atoms with E-state index in [0.29, 0.717) is 13.0 Å². The van der Waals surface area contributed by atoms with Gasteiger partial charge in [0.2, 0.25) is 0 Å². The number of piperidine rings is 1. The van der Waals surface area contributed by atoms with Gasteiger partial charge in [0, 0.05) is 12.0 Å². The zero-order valence-electron chi connectivity index (χ0n) is 13.8. The maximum atomic E-state index is 13.3. The molecule has 1 saturated heterocycles. The summed E-state index contributed by atoms with van der Waals surface area (Å²) in [7, 11) is 0. The number of rotatable bonds is 2. The molecule has 1 aromatic rings. The van der Waals surface area contributed by atoms with Crippen LogP contribution in [0.1, 0.15) is 42.7 Å². The summed E-state index contributed by atoms with van der Waals surface area (Å²) in [6.07, 6.45) is -8.90. The maximum absolute atomic E-state index is 13.3. The Balaban J connectivity index is 2.02. The van der Waals surface area contributed by atoms with Crippen LogP contribution in [0, 0.1) is 0 Å². The van der Waals surface area contributed by atoms with Crippen molar-refractivity contribution in [2.75, 3.05) is 11.9 Å². The van der Waals surface area contributed by atoms with E-state index in [4.69, 9.17) is 0 Å². The van der Waals surface area contributed by atoms with Crippen molar-refractivity contribution in [3.05, 3.63) is 29.3 Å². The van der Waals surface area contributed by atoms with Crippen LogP contribution < -0.4 is 10.6 Å². The summed E-state index contributed by atoms with van der Waals surface area (Å²) in [5, 5.41) is 15.8. The zero-order valence-corrected chi connectivity index (χ0v) is 13.8. The Hall–Kier alpha value is -1.48. The van der Waals surface area contributed by atoms with Crippen LogP contribution in [-0.2, 0) is 6.18 Å². The fourth-order valence-electron chi connectivity index (χ4n) is 3.88. The van der Waals surface area contributed by atoms with Crippen LogP contribution in [0.5, 0.6) is 0 Å². The monoisotopic (exact) mass is 382 g/mol. The molecule has 26 heavy (non-hydrogen) atoms. The number of aliphatic hydroxyl groups is 1. The average Bonchev–Trinajstić information content (AvgIpc) is 2.58. The largest absolute Gasteiger partial charge is 0.418 e. The van der Waals surface area contributed by atoms with Gasteiger partial charge in [-0.3, -0.25) is 0 Å². The Morgan fingerprint density at radius 1 is 1.08 bits per heavy atom. The van der Waals surface area contributed by atoms with Crippen molar-refractivity contribution in [2.24, 2.45) is 0 Å². The van der Waals surface area contributed by atoms with Crippen LogP contribution in [0.3, 0.4) is 0 Å². The Bertz CT molecular complexity index is 639. The number of alkyl halides is 6. The van der Waals surface area contributed by atoms with Crippen LogP contribution in [0.2, 0.25) is 0 Å². The Morgan fingerprint density at radius 3 is 2.38 bits per heavy atom. The first-order valence-corrected chi connectivity index (χ1v) is 8.54. The van der Waals surface area contributed by atoms with Crippen LogP contribution in [0.4, 0.5) is 32.0 Å². The third kappa shape index (κ3) is 3.78. The number of fused-ring (bicyclic) bond motifs is 1. The highest BCUT2D eigenvalue weighted by Gasteiger charge is 2.48. The summed E-state index contributed by atoms with van der Waals surface area (Å²) in [4.78, 5) is 0. The molecule has 4 atom stereocenters. The summed E-state index contributed by atoms with van der Waals surface area (Å²) in [5.74, 6) is -1.03. The predicted octanol–water partition coefficient (Wildman–Crippen LogP) is 4.04. The standard InChI is InChI=1S/C17H20F6N2O/c18-16(19,20)11-5-3-4-9-10(15(26)12-6-1-2-7-24-12)8-13(17(21,22)23)25-14(9)11/h3-5,10,12-13,15,24-26H,1-2,6-8H2. The fourth-order valence-corrected chi connectivity index (χ4v) is 3.88. The van der Waals surface area contributed by atoms with Gasteiger partial charge >= 0.3 is 12.4 Å². The topological polar surface area (TPSA) is 44.3 Å². The molecule has 0 spiro atoms. The van der Waals surface area contributed by atoms with E-state index in [-0.39, 0.29) is 5.56 Å². The lowest BCUT2D eigenvalue weighted by Crippen LogP contribution is -2.50. The predicted molar refractivity (Wildman–Crippen MR) is 83.9 cm³/mol. The van der Waals surface area contributed by atoms with Crippen LogP contribution in [0.25, 0.3) is 0 Å². The number of hydrogen-bond donors (Lipinski definition) is 3. The molecule has 0 bridgehead atoms. The lowest BCUT2D eigenvalue weighted by molar-refractivity contribution is -0.149. The minimum absolute atomic E-state index is 0.0835. The van der Waals surface area contributed by atoms with Gasteiger partial charge in [-0.15, -0.1) is 0 Å². The van der Waals surface area contributed by atoms with Crippen molar-refractivity contribution in [2.45, 2.75) is 62.1 Å². The van der Waals surface area contributed by atoms with Gasteiger partial charge in [0.05, 0.1) is 17.4 Å². The number of para-hydroxylation sites is 1. The fraction of sp³-hybridized carbons (Fsp3) is 0.647. The SMILES string of the molecule is OC(C1CCCCN1)C1CC(C(F)(F)F)Nc2c1cccc2C(F)(F)F. The molecule has 3 rings (SSSR count). The minimum Gasteiger partial charge on any atom is -0.391 e. The molecular weight excluding hydrogens is 362 g/mol. The van der Waals surface area contributed by atoms with E-state index in [1.807, 2.05) is 5.32 Å². The van der Waals surface area contributed by atoms with Crippen LogP contribution >= 0.6 is 0 Å². The van der Waals surface area contributed by atoms with Crippen molar-refractivity contribution >= 4 is 5.69 Å². The van der Waals surface area contributed by atoms with Gasteiger partial charge in [-0.25, -0.2) is 0 Å². The first-order valence-electron chi connectivity index (χ1n) is 8.54. The van der Waals surface area contributed by atoms with Crippen molar-refractivity contribution in [1.29, 1.82) is 0 Å². The maximum Gasteiger partial charge on any atom is 0.418 e. The number of benzene rings is 1. The van der Waals surface area contributed by atoms with Gasteiger partial charge in [0.15, 0.2) is 0 Å². The number of aliphatic hydroxyl groups excluding tert-OH is 1. The highest BCUT2D eigenvalue weighted by Crippen LogP contribution is 2.47. The molecule has 146 valence electrons. The molecule has 1 aromatic carbocycles. The average molecular weight is 382 g/mol. The van der Waals surface area contributed by atoms with E-state index in [2.05, 4.69) is 5.32 Å². The molecule has 4 unspecified atom stereocenters. The van der Waals surface area contributed by atoms with Crippen LogP contribution in [0.15, 0.2) is 18.2 Å². The van der Waals surface area contributed by atoms with Crippen LogP contribution in [-0.4, -0.2) is 36.0 Å². The lowest BCUT2D eigenvalue weighted by atomic mass is 9.78. The van der Waals surface area contributed by atoms with Gasteiger partial charge < -0.3 is 15.7 Å². The molecule has 2 aliphatic rings. The number of hydrogen-bond acceptors (Lipinski definition) is 3. The molecule has 2 heterocycles. The van der Waals surface area contributed by atoms with E-state index in [9.17, 15) is 31.4 Å². The summed E-state index contributed by atoms with van der Waals surface area (Å²) in [5.41, 5.74) is -1.63. The molecule has 0 amide bonds. The summed E-state index contributed by atoms with van der Waals surface area (Å²) >= 11 is 0. The third-order valence-electron chi connectivity index (χ3n) is 5.18. The Morgan fingerprint density at radius 2 is 1.81 bits per heavy atom. The molecular formula is C17H20F6N2O. The van der Waals surface area contributed by atoms with Gasteiger partial charge in [-0.1, -0.05) is 18.6 Å². The molecule has 0 radical (unpaired) electrons.